The summed E-state index contributed by atoms with van der Waals surface area (Å²) in [7, 11) is 5.95. The highest BCUT2D eigenvalue weighted by molar-refractivity contribution is 5.70. The molecule has 0 bridgehead atoms. The van der Waals surface area contributed by atoms with Crippen LogP contribution < -0.4 is 5.11 Å². The number of rotatable bonds is 78. The van der Waals surface area contributed by atoms with Crippen molar-refractivity contribution in [2.24, 2.45) is 0 Å². The summed E-state index contributed by atoms with van der Waals surface area (Å²) >= 11 is 0. The number of nitrogens with zero attached hydrogens (tertiary/aromatic N) is 1. The SMILES string of the molecule is CC/C=C\C/C=C\C/C=C\C/C=C\C/C=C\C/C=C\C/C=C\C/C=C\CCCCCCCCCCCCCCCCC(=O)OC(COC(=O)CCCCCCCCCCCCCCCCCCCCCCCCCCCCCCCCCCCC)COC(OCC[N+](C)(C)C)C(=O)[O-]. The van der Waals surface area contributed by atoms with Crippen molar-refractivity contribution < 1.29 is 42.9 Å². The zero-order valence-corrected chi connectivity index (χ0v) is 65.2. The first-order valence-corrected chi connectivity index (χ1v) is 41.9. The molecule has 0 rings (SSSR count). The van der Waals surface area contributed by atoms with Crippen LogP contribution in [0.1, 0.15) is 393 Å². The number of ether oxygens (including phenoxy) is 4. The van der Waals surface area contributed by atoms with Crippen molar-refractivity contribution in [2.45, 2.75) is 405 Å². The van der Waals surface area contributed by atoms with Crippen LogP contribution in [0.5, 0.6) is 0 Å². The van der Waals surface area contributed by atoms with Crippen LogP contribution in [-0.2, 0) is 33.3 Å². The van der Waals surface area contributed by atoms with Gasteiger partial charge in [-0.3, -0.25) is 9.59 Å². The van der Waals surface area contributed by atoms with Gasteiger partial charge >= 0.3 is 11.9 Å². The fraction of sp³-hybridized carbons (Fsp3) is 0.787. The number of hydrogen-bond acceptors (Lipinski definition) is 8. The summed E-state index contributed by atoms with van der Waals surface area (Å²) in [6.45, 7) is 4.69. The number of likely N-dealkylation sites (N-methyl/N-ethyl adjacent to an activating group) is 1. The van der Waals surface area contributed by atoms with Crippen LogP contribution in [-0.4, -0.2) is 82.3 Å². The molecule has 568 valence electrons. The molecular weight excluding hydrogens is 1210 g/mol. The minimum atomic E-state index is -1.62. The van der Waals surface area contributed by atoms with Crippen molar-refractivity contribution in [3.63, 3.8) is 0 Å². The van der Waals surface area contributed by atoms with Crippen LogP contribution >= 0.6 is 0 Å². The Morgan fingerprint density at radius 2 is 0.582 bits per heavy atom. The zero-order chi connectivity index (χ0) is 71.1. The number of esters is 2. The first-order chi connectivity index (χ1) is 48.1. The van der Waals surface area contributed by atoms with Gasteiger partial charge in [0.15, 0.2) is 12.4 Å². The van der Waals surface area contributed by atoms with Crippen molar-refractivity contribution in [1.29, 1.82) is 0 Å². The number of allylic oxidation sites excluding steroid dienone is 16. The smallest absolute Gasteiger partial charge is 0.306 e. The molecule has 0 N–H and O–H groups in total. The van der Waals surface area contributed by atoms with Crippen LogP contribution in [0.2, 0.25) is 0 Å². The predicted octanol–water partition coefficient (Wildman–Crippen LogP) is 25.8. The molecule has 0 aromatic rings. The lowest BCUT2D eigenvalue weighted by Crippen LogP contribution is -2.44. The molecule has 0 saturated carbocycles. The van der Waals surface area contributed by atoms with Gasteiger partial charge in [0.1, 0.15) is 13.2 Å². The lowest BCUT2D eigenvalue weighted by atomic mass is 10.0. The van der Waals surface area contributed by atoms with E-state index in [9.17, 15) is 19.5 Å². The van der Waals surface area contributed by atoms with Crippen molar-refractivity contribution >= 4 is 17.9 Å². The summed E-state index contributed by atoms with van der Waals surface area (Å²) in [5.74, 6) is -2.26. The maximum absolute atomic E-state index is 13.0. The lowest BCUT2D eigenvalue weighted by molar-refractivity contribution is -0.870. The highest BCUT2D eigenvalue weighted by Crippen LogP contribution is 2.20. The molecule has 2 atom stereocenters. The van der Waals surface area contributed by atoms with E-state index in [1.54, 1.807) is 0 Å². The first kappa shape index (κ1) is 94.2. The van der Waals surface area contributed by atoms with Crippen LogP contribution in [0.25, 0.3) is 0 Å². The molecule has 9 heteroatoms. The molecule has 0 amide bonds. The Bertz CT molecular complexity index is 1940. The molecule has 98 heavy (non-hydrogen) atoms. The number of carboxylic acids is 1. The van der Waals surface area contributed by atoms with Crippen LogP contribution in [0, 0.1) is 0 Å². The molecule has 0 fully saturated rings. The Kier molecular flexibility index (Phi) is 75.9. The summed E-state index contributed by atoms with van der Waals surface area (Å²) in [6, 6.07) is 0. The second kappa shape index (κ2) is 78.9. The highest BCUT2D eigenvalue weighted by Gasteiger charge is 2.22. The number of unbranched alkanes of at least 4 members (excludes halogenated alkanes) is 47. The molecule has 9 nitrogen and oxygen atoms in total. The van der Waals surface area contributed by atoms with Gasteiger partial charge in [0.05, 0.1) is 40.3 Å². The quantitative estimate of drug-likeness (QED) is 0.0195. The van der Waals surface area contributed by atoms with Crippen LogP contribution in [0.15, 0.2) is 97.2 Å². The Labute approximate surface area is 607 Å². The van der Waals surface area contributed by atoms with Gasteiger partial charge in [-0.2, -0.15) is 0 Å². The number of carboxylic acid groups (broad SMARTS) is 1. The molecular formula is C89H159NO8. The van der Waals surface area contributed by atoms with Gasteiger partial charge in [0.2, 0.25) is 0 Å². The molecule has 0 heterocycles. The summed E-state index contributed by atoms with van der Waals surface area (Å²) in [5.41, 5.74) is 0. The third-order valence-corrected chi connectivity index (χ3v) is 18.6. The van der Waals surface area contributed by atoms with Gasteiger partial charge in [-0.1, -0.05) is 400 Å². The van der Waals surface area contributed by atoms with Gasteiger partial charge in [0.25, 0.3) is 0 Å². The first-order valence-electron chi connectivity index (χ1n) is 41.9. The van der Waals surface area contributed by atoms with Gasteiger partial charge in [-0.25, -0.2) is 0 Å². The van der Waals surface area contributed by atoms with Gasteiger partial charge in [0, 0.05) is 12.8 Å². The topological polar surface area (TPSA) is 111 Å². The Hall–Kier alpha value is -3.79. The number of carbonyl (C=O) groups is 3. The second-order valence-corrected chi connectivity index (χ2v) is 29.4. The fourth-order valence-corrected chi connectivity index (χ4v) is 12.3. The molecule has 0 aromatic carbocycles. The largest absolute Gasteiger partial charge is 0.545 e. The molecule has 0 spiro atoms. The van der Waals surface area contributed by atoms with E-state index in [0.717, 1.165) is 89.9 Å². The molecule has 0 radical (unpaired) electrons. The number of carbonyl (C=O) groups excluding carboxylic acids is 3. The van der Waals surface area contributed by atoms with Crippen molar-refractivity contribution in [1.82, 2.24) is 0 Å². The number of quaternary nitrogens is 1. The monoisotopic (exact) mass is 1370 g/mol. The van der Waals surface area contributed by atoms with E-state index in [0.29, 0.717) is 23.9 Å². The summed E-state index contributed by atoms with van der Waals surface area (Å²) < 4.78 is 22.9. The summed E-state index contributed by atoms with van der Waals surface area (Å²) in [6.07, 6.45) is 107. The fourth-order valence-electron chi connectivity index (χ4n) is 12.3. The number of aliphatic carboxylic acids is 1. The lowest BCUT2D eigenvalue weighted by Gasteiger charge is -2.26. The van der Waals surface area contributed by atoms with E-state index in [-0.39, 0.29) is 32.2 Å². The van der Waals surface area contributed by atoms with Crippen molar-refractivity contribution in [2.75, 3.05) is 47.5 Å². The molecule has 0 aromatic heterocycles. The summed E-state index contributed by atoms with van der Waals surface area (Å²) in [4.78, 5) is 37.6. The van der Waals surface area contributed by atoms with Gasteiger partial charge in [-0.15, -0.1) is 0 Å². The van der Waals surface area contributed by atoms with Gasteiger partial charge in [-0.05, 0) is 77.0 Å². The molecule has 0 aliphatic rings. The van der Waals surface area contributed by atoms with E-state index < -0.39 is 24.3 Å². The minimum Gasteiger partial charge on any atom is -0.545 e. The van der Waals surface area contributed by atoms with E-state index in [4.69, 9.17) is 18.9 Å². The predicted molar refractivity (Wildman–Crippen MR) is 421 cm³/mol. The molecule has 0 aliphatic heterocycles. The normalized spacial score (nSPS) is 13.1. The third-order valence-electron chi connectivity index (χ3n) is 18.6. The highest BCUT2D eigenvalue weighted by atomic mass is 16.7. The van der Waals surface area contributed by atoms with E-state index in [2.05, 4.69) is 111 Å². The van der Waals surface area contributed by atoms with Crippen molar-refractivity contribution in [3.8, 4) is 0 Å². The van der Waals surface area contributed by atoms with E-state index in [1.807, 2.05) is 21.1 Å². The Morgan fingerprint density at radius 1 is 0.316 bits per heavy atom. The molecule has 0 saturated heterocycles. The zero-order valence-electron chi connectivity index (χ0n) is 65.2. The summed E-state index contributed by atoms with van der Waals surface area (Å²) in [5, 5.41) is 11.9. The maximum atomic E-state index is 13.0. The standard InChI is InChI=1S/C89H159NO8/c1-6-8-10-12-14-16-18-20-22-24-26-28-30-32-34-36-38-40-42-43-44-45-46-48-50-52-54-56-58-60-62-64-66-68-70-72-74-76-78-80-87(92)98-85(84-97-89(88(93)94)95-82-81-90(3,4)5)83-96-86(91)79-77-75-73-71-69-67-65-63-61-59-57-55-53-51-49-47-41-39-37-35-33-31-29-27-25-23-21-19-17-15-13-11-9-7-2/h8,10,14,16,20,22,26,28,32,34,38,40,43-44,46,48,85,89H,6-7,9,11-13,15,17-19,21,23-25,27,29-31,33,35-37,39,41-42,45,47,49-84H2,1-5H3/b10-8-,16-14-,22-20-,28-26-,34-32-,40-38-,44-43-,48-46-. The number of hydrogen-bond donors (Lipinski definition) is 0. The maximum Gasteiger partial charge on any atom is 0.306 e. The minimum absolute atomic E-state index is 0.147. The van der Waals surface area contributed by atoms with Gasteiger partial charge < -0.3 is 33.3 Å². The molecule has 0 aliphatic carbocycles. The van der Waals surface area contributed by atoms with E-state index >= 15 is 0 Å². The van der Waals surface area contributed by atoms with E-state index in [1.165, 1.54) is 270 Å². The third kappa shape index (κ3) is 79.5. The van der Waals surface area contributed by atoms with Crippen molar-refractivity contribution in [3.05, 3.63) is 97.2 Å². The Balaban J connectivity index is 4.00. The Morgan fingerprint density at radius 3 is 0.867 bits per heavy atom. The average Bonchev–Trinajstić information content (AvgIpc) is 1.38. The molecule has 2 unspecified atom stereocenters. The second-order valence-electron chi connectivity index (χ2n) is 29.4. The van der Waals surface area contributed by atoms with Crippen LogP contribution in [0.4, 0.5) is 0 Å². The van der Waals surface area contributed by atoms with Crippen LogP contribution in [0.3, 0.4) is 0 Å². The average molecular weight is 1370 g/mol.